The van der Waals surface area contributed by atoms with Gasteiger partial charge in [0.2, 0.25) is 0 Å². The molecule has 0 radical (unpaired) electrons. The third kappa shape index (κ3) is 3.87. The molecule has 1 saturated heterocycles. The highest BCUT2D eigenvalue weighted by atomic mass is 16.2. The third-order valence-electron chi connectivity index (χ3n) is 4.17. The maximum absolute atomic E-state index is 12.4. The van der Waals surface area contributed by atoms with Crippen LogP contribution < -0.4 is 0 Å². The average molecular weight is 310 g/mol. The molecule has 1 fully saturated rings. The molecule has 1 aliphatic rings. The van der Waals surface area contributed by atoms with Crippen molar-refractivity contribution in [2.45, 2.75) is 0 Å². The lowest BCUT2D eigenvalue weighted by Crippen LogP contribution is -2.48. The van der Waals surface area contributed by atoms with Crippen molar-refractivity contribution in [3.8, 4) is 0 Å². The van der Waals surface area contributed by atoms with Gasteiger partial charge in [0, 0.05) is 39.8 Å². The van der Waals surface area contributed by atoms with Crippen molar-refractivity contribution >= 4 is 12.0 Å². The van der Waals surface area contributed by atoms with Gasteiger partial charge in [0.25, 0.3) is 5.91 Å². The van der Waals surface area contributed by atoms with Gasteiger partial charge in [-0.1, -0.05) is 42.5 Å². The molecule has 0 bridgehead atoms. The number of hydrogen-bond acceptors (Lipinski definition) is 3. The van der Waals surface area contributed by atoms with Crippen molar-refractivity contribution in [1.82, 2.24) is 19.4 Å². The van der Waals surface area contributed by atoms with Crippen molar-refractivity contribution in [2.75, 3.05) is 32.7 Å². The molecule has 5 nitrogen and oxygen atoms in total. The second kappa shape index (κ2) is 7.24. The molecule has 5 heteroatoms. The molecule has 23 heavy (non-hydrogen) atoms. The number of carbonyl (C=O) groups is 1. The molecule has 0 spiro atoms. The standard InChI is InChI=1S/C18H22N4O/c1-20-15-19-14-17(20)18(23)22-12-10-21(11-13-22)9-5-8-16-6-3-2-4-7-16/h2-8,14-15H,9-13H2,1H3/b8-5+. The van der Waals surface area contributed by atoms with E-state index in [-0.39, 0.29) is 5.91 Å². The van der Waals surface area contributed by atoms with Crippen LogP contribution in [-0.2, 0) is 7.05 Å². The second-order valence-corrected chi connectivity index (χ2v) is 5.80. The minimum Gasteiger partial charge on any atom is -0.335 e. The Morgan fingerprint density at radius 1 is 1.17 bits per heavy atom. The van der Waals surface area contributed by atoms with Gasteiger partial charge in [0.1, 0.15) is 5.69 Å². The molecule has 2 aromatic rings. The van der Waals surface area contributed by atoms with E-state index in [0.29, 0.717) is 5.69 Å². The summed E-state index contributed by atoms with van der Waals surface area (Å²) in [7, 11) is 1.85. The van der Waals surface area contributed by atoms with Crippen LogP contribution >= 0.6 is 0 Å². The first kappa shape index (κ1) is 15.5. The number of nitrogens with zero attached hydrogens (tertiary/aromatic N) is 4. The molecular weight excluding hydrogens is 288 g/mol. The summed E-state index contributed by atoms with van der Waals surface area (Å²) in [6.07, 6.45) is 7.64. The van der Waals surface area contributed by atoms with Crippen LogP contribution in [0.15, 0.2) is 48.9 Å². The summed E-state index contributed by atoms with van der Waals surface area (Å²) >= 11 is 0. The van der Waals surface area contributed by atoms with Crippen molar-refractivity contribution in [2.24, 2.45) is 7.05 Å². The second-order valence-electron chi connectivity index (χ2n) is 5.80. The SMILES string of the molecule is Cn1cncc1C(=O)N1CCN(C/C=C/c2ccccc2)CC1. The summed E-state index contributed by atoms with van der Waals surface area (Å²) in [5.41, 5.74) is 1.87. The Bertz CT molecular complexity index is 669. The Kier molecular flexibility index (Phi) is 4.88. The Morgan fingerprint density at radius 2 is 1.91 bits per heavy atom. The number of benzene rings is 1. The normalized spacial score (nSPS) is 16.1. The van der Waals surface area contributed by atoms with Gasteiger partial charge in [0.15, 0.2) is 0 Å². The Labute approximate surface area is 136 Å². The number of rotatable bonds is 4. The zero-order valence-electron chi connectivity index (χ0n) is 13.4. The summed E-state index contributed by atoms with van der Waals surface area (Å²) < 4.78 is 1.78. The molecule has 1 aromatic heterocycles. The molecule has 0 saturated carbocycles. The van der Waals surface area contributed by atoms with E-state index >= 15 is 0 Å². The number of aryl methyl sites for hydroxylation is 1. The van der Waals surface area contributed by atoms with Gasteiger partial charge in [-0.2, -0.15) is 0 Å². The van der Waals surface area contributed by atoms with Crippen LogP contribution in [-0.4, -0.2) is 58.0 Å². The topological polar surface area (TPSA) is 41.4 Å². The van der Waals surface area contributed by atoms with E-state index < -0.39 is 0 Å². The van der Waals surface area contributed by atoms with Crippen molar-refractivity contribution in [3.05, 3.63) is 60.2 Å². The van der Waals surface area contributed by atoms with E-state index in [9.17, 15) is 4.79 Å². The molecule has 0 aliphatic carbocycles. The maximum atomic E-state index is 12.4. The summed E-state index contributed by atoms with van der Waals surface area (Å²) in [4.78, 5) is 20.7. The highest BCUT2D eigenvalue weighted by Crippen LogP contribution is 2.08. The first-order chi connectivity index (χ1) is 11.2. The fourth-order valence-electron chi connectivity index (χ4n) is 2.76. The summed E-state index contributed by atoms with van der Waals surface area (Å²) in [6.45, 7) is 4.26. The first-order valence-electron chi connectivity index (χ1n) is 7.93. The van der Waals surface area contributed by atoms with Gasteiger partial charge in [-0.05, 0) is 5.56 Å². The van der Waals surface area contributed by atoms with Gasteiger partial charge < -0.3 is 9.47 Å². The molecule has 1 aliphatic heterocycles. The predicted molar refractivity (Wildman–Crippen MR) is 91.0 cm³/mol. The Balaban J connectivity index is 1.48. The first-order valence-corrected chi connectivity index (χ1v) is 7.93. The van der Waals surface area contributed by atoms with Crippen LogP contribution in [0.5, 0.6) is 0 Å². The number of hydrogen-bond donors (Lipinski definition) is 0. The number of amides is 1. The monoisotopic (exact) mass is 310 g/mol. The van der Waals surface area contributed by atoms with Crippen LogP contribution in [0.4, 0.5) is 0 Å². The van der Waals surface area contributed by atoms with E-state index in [4.69, 9.17) is 0 Å². The predicted octanol–water partition coefficient (Wildman–Crippen LogP) is 1.89. The summed E-state index contributed by atoms with van der Waals surface area (Å²) in [5, 5.41) is 0. The van der Waals surface area contributed by atoms with E-state index in [2.05, 4.69) is 34.2 Å². The van der Waals surface area contributed by atoms with Crippen LogP contribution in [0.3, 0.4) is 0 Å². The van der Waals surface area contributed by atoms with Gasteiger partial charge in [-0.3, -0.25) is 9.69 Å². The fourth-order valence-corrected chi connectivity index (χ4v) is 2.76. The molecule has 0 N–H and O–H groups in total. The summed E-state index contributed by atoms with van der Waals surface area (Å²) in [6, 6.07) is 10.3. The number of piperazine rings is 1. The lowest BCUT2D eigenvalue weighted by Gasteiger charge is -2.34. The van der Waals surface area contributed by atoms with E-state index in [1.165, 1.54) is 5.56 Å². The minimum atomic E-state index is 0.0736. The molecule has 120 valence electrons. The van der Waals surface area contributed by atoms with Gasteiger partial charge >= 0.3 is 0 Å². The fraction of sp³-hybridized carbons (Fsp3) is 0.333. The maximum Gasteiger partial charge on any atom is 0.272 e. The molecule has 1 aromatic carbocycles. The lowest BCUT2D eigenvalue weighted by atomic mass is 10.2. The molecule has 1 amide bonds. The number of aromatic nitrogens is 2. The van der Waals surface area contributed by atoms with Crippen molar-refractivity contribution < 1.29 is 4.79 Å². The quantitative estimate of drug-likeness (QED) is 0.866. The molecule has 0 atom stereocenters. The minimum absolute atomic E-state index is 0.0736. The Morgan fingerprint density at radius 3 is 2.57 bits per heavy atom. The largest absolute Gasteiger partial charge is 0.335 e. The van der Waals surface area contributed by atoms with Gasteiger partial charge in [-0.15, -0.1) is 0 Å². The highest BCUT2D eigenvalue weighted by molar-refractivity contribution is 5.92. The zero-order valence-corrected chi connectivity index (χ0v) is 13.4. The molecule has 2 heterocycles. The van der Waals surface area contributed by atoms with E-state index in [0.717, 1.165) is 32.7 Å². The molecular formula is C18H22N4O. The molecule has 0 unspecified atom stereocenters. The Hall–Kier alpha value is -2.40. The van der Waals surface area contributed by atoms with E-state index in [1.54, 1.807) is 17.1 Å². The lowest BCUT2D eigenvalue weighted by molar-refractivity contribution is 0.0641. The molecule has 3 rings (SSSR count). The van der Waals surface area contributed by atoms with Crippen molar-refractivity contribution in [3.63, 3.8) is 0 Å². The van der Waals surface area contributed by atoms with Crippen LogP contribution in [0.25, 0.3) is 6.08 Å². The highest BCUT2D eigenvalue weighted by Gasteiger charge is 2.23. The third-order valence-corrected chi connectivity index (χ3v) is 4.17. The van der Waals surface area contributed by atoms with Gasteiger partial charge in [-0.25, -0.2) is 4.98 Å². The zero-order chi connectivity index (χ0) is 16.1. The average Bonchev–Trinajstić information content (AvgIpc) is 3.02. The van der Waals surface area contributed by atoms with Crippen LogP contribution in [0, 0.1) is 0 Å². The number of carbonyl (C=O) groups excluding carboxylic acids is 1. The number of imidazole rings is 1. The van der Waals surface area contributed by atoms with Crippen LogP contribution in [0.1, 0.15) is 16.1 Å². The van der Waals surface area contributed by atoms with Crippen LogP contribution in [0.2, 0.25) is 0 Å². The van der Waals surface area contributed by atoms with Gasteiger partial charge in [0.05, 0.1) is 12.5 Å². The van der Waals surface area contributed by atoms with Crippen molar-refractivity contribution in [1.29, 1.82) is 0 Å². The smallest absolute Gasteiger partial charge is 0.272 e. The summed E-state index contributed by atoms with van der Waals surface area (Å²) in [5.74, 6) is 0.0736. The van der Waals surface area contributed by atoms with E-state index in [1.807, 2.05) is 30.1 Å².